The van der Waals surface area contributed by atoms with E-state index in [1.54, 1.807) is 17.4 Å². The highest BCUT2D eigenvalue weighted by Gasteiger charge is 2.27. The summed E-state index contributed by atoms with van der Waals surface area (Å²) in [4.78, 5) is 1.38. The Bertz CT molecular complexity index is 519. The van der Waals surface area contributed by atoms with Gasteiger partial charge in [0.05, 0.1) is 4.90 Å². The van der Waals surface area contributed by atoms with Crippen LogP contribution in [-0.2, 0) is 16.6 Å². The zero-order valence-corrected chi connectivity index (χ0v) is 13.9. The SMILES string of the molecule is CCNCc1sccc1S(=O)(=O)N(C)CC1CCCC1. The van der Waals surface area contributed by atoms with Gasteiger partial charge in [-0.05, 0) is 36.8 Å². The zero-order chi connectivity index (χ0) is 14.6. The second kappa shape index (κ2) is 7.02. The molecule has 1 aromatic heterocycles. The lowest BCUT2D eigenvalue weighted by molar-refractivity contribution is 0.387. The van der Waals surface area contributed by atoms with Crippen molar-refractivity contribution in [2.24, 2.45) is 5.92 Å². The van der Waals surface area contributed by atoms with Crippen LogP contribution in [0.25, 0.3) is 0 Å². The highest BCUT2D eigenvalue weighted by Crippen LogP contribution is 2.29. The van der Waals surface area contributed by atoms with E-state index in [0.29, 0.717) is 23.9 Å². The van der Waals surface area contributed by atoms with Gasteiger partial charge in [0.1, 0.15) is 0 Å². The summed E-state index contributed by atoms with van der Waals surface area (Å²) >= 11 is 1.51. The Hall–Kier alpha value is -0.430. The van der Waals surface area contributed by atoms with Crippen molar-refractivity contribution in [2.45, 2.75) is 44.0 Å². The normalized spacial score (nSPS) is 17.1. The molecule has 6 heteroatoms. The molecule has 4 nitrogen and oxygen atoms in total. The minimum absolute atomic E-state index is 0.476. The van der Waals surface area contributed by atoms with E-state index in [-0.39, 0.29) is 0 Å². The first-order valence-electron chi connectivity index (χ1n) is 7.29. The van der Waals surface area contributed by atoms with Gasteiger partial charge in [-0.25, -0.2) is 12.7 Å². The van der Waals surface area contributed by atoms with Crippen LogP contribution in [0, 0.1) is 5.92 Å². The molecule has 0 amide bonds. The third-order valence-corrected chi connectivity index (χ3v) is 6.88. The summed E-state index contributed by atoms with van der Waals surface area (Å²) in [5.41, 5.74) is 0. The fourth-order valence-corrected chi connectivity index (χ4v) is 5.38. The molecule has 0 unspecified atom stereocenters. The van der Waals surface area contributed by atoms with Crippen LogP contribution in [0.5, 0.6) is 0 Å². The van der Waals surface area contributed by atoms with Crippen LogP contribution in [0.1, 0.15) is 37.5 Å². The fraction of sp³-hybridized carbons (Fsp3) is 0.714. The summed E-state index contributed by atoms with van der Waals surface area (Å²) in [5.74, 6) is 0.533. The molecule has 1 N–H and O–H groups in total. The van der Waals surface area contributed by atoms with Crippen LogP contribution < -0.4 is 5.32 Å². The van der Waals surface area contributed by atoms with E-state index in [0.717, 1.165) is 24.3 Å². The van der Waals surface area contributed by atoms with Crippen molar-refractivity contribution in [2.75, 3.05) is 20.1 Å². The van der Waals surface area contributed by atoms with Gasteiger partial charge in [0.2, 0.25) is 10.0 Å². The van der Waals surface area contributed by atoms with Gasteiger partial charge in [0.25, 0.3) is 0 Å². The lowest BCUT2D eigenvalue weighted by atomic mass is 10.1. The van der Waals surface area contributed by atoms with E-state index in [1.165, 1.54) is 24.2 Å². The average molecular weight is 316 g/mol. The lowest BCUT2D eigenvalue weighted by Gasteiger charge is -2.21. The minimum atomic E-state index is -3.34. The molecule has 1 fully saturated rings. The Balaban J connectivity index is 2.10. The standard InChI is InChI=1S/C14H24N2O2S2/c1-3-15-10-13-14(8-9-19-13)20(17,18)16(2)11-12-6-4-5-7-12/h8-9,12,15H,3-7,10-11H2,1-2H3. The van der Waals surface area contributed by atoms with Crippen LogP contribution in [-0.4, -0.2) is 32.9 Å². The summed E-state index contributed by atoms with van der Waals surface area (Å²) < 4.78 is 26.9. The van der Waals surface area contributed by atoms with Gasteiger partial charge >= 0.3 is 0 Å². The van der Waals surface area contributed by atoms with Crippen LogP contribution >= 0.6 is 11.3 Å². The van der Waals surface area contributed by atoms with Crippen molar-refractivity contribution in [1.82, 2.24) is 9.62 Å². The maximum atomic E-state index is 12.7. The van der Waals surface area contributed by atoms with Crippen molar-refractivity contribution in [3.05, 3.63) is 16.3 Å². The van der Waals surface area contributed by atoms with Gasteiger partial charge < -0.3 is 5.32 Å². The number of hydrogen-bond acceptors (Lipinski definition) is 4. The number of nitrogens with one attached hydrogen (secondary N) is 1. The van der Waals surface area contributed by atoms with Crippen LogP contribution in [0.3, 0.4) is 0 Å². The number of thiophene rings is 1. The topological polar surface area (TPSA) is 49.4 Å². The molecule has 0 aliphatic heterocycles. The summed E-state index contributed by atoms with van der Waals surface area (Å²) in [6.45, 7) is 4.14. The molecule has 0 spiro atoms. The molecule has 0 atom stereocenters. The van der Waals surface area contributed by atoms with Crippen LogP contribution in [0.2, 0.25) is 0 Å². The minimum Gasteiger partial charge on any atom is -0.312 e. The zero-order valence-electron chi connectivity index (χ0n) is 12.3. The highest BCUT2D eigenvalue weighted by molar-refractivity contribution is 7.89. The number of sulfonamides is 1. The predicted molar refractivity (Wildman–Crippen MR) is 83.5 cm³/mol. The van der Waals surface area contributed by atoms with Crippen molar-refractivity contribution >= 4 is 21.4 Å². The van der Waals surface area contributed by atoms with Gasteiger partial charge in [-0.15, -0.1) is 11.3 Å². The summed E-state index contributed by atoms with van der Waals surface area (Å²) in [6, 6.07) is 1.73. The summed E-state index contributed by atoms with van der Waals surface area (Å²) in [7, 11) is -1.63. The number of rotatable bonds is 7. The first kappa shape index (κ1) is 15.9. The molecule has 0 saturated heterocycles. The van der Waals surface area contributed by atoms with E-state index >= 15 is 0 Å². The van der Waals surface area contributed by atoms with Crippen molar-refractivity contribution in [3.8, 4) is 0 Å². The Labute approximate surface area is 126 Å². The van der Waals surface area contributed by atoms with Gasteiger partial charge in [-0.3, -0.25) is 0 Å². The molecule has 1 aliphatic carbocycles. The largest absolute Gasteiger partial charge is 0.312 e. The van der Waals surface area contributed by atoms with Gasteiger partial charge in [0.15, 0.2) is 0 Å². The quantitative estimate of drug-likeness (QED) is 0.841. The Kier molecular flexibility index (Phi) is 5.60. The summed E-state index contributed by atoms with van der Waals surface area (Å²) in [5, 5.41) is 5.07. The fourth-order valence-electron chi connectivity index (χ4n) is 2.75. The molecule has 1 saturated carbocycles. The van der Waals surface area contributed by atoms with E-state index in [2.05, 4.69) is 5.32 Å². The summed E-state index contributed by atoms with van der Waals surface area (Å²) in [6.07, 6.45) is 4.80. The van der Waals surface area contributed by atoms with Crippen molar-refractivity contribution < 1.29 is 8.42 Å². The molecule has 1 heterocycles. The van der Waals surface area contributed by atoms with E-state index in [4.69, 9.17) is 0 Å². The van der Waals surface area contributed by atoms with Crippen molar-refractivity contribution in [3.63, 3.8) is 0 Å². The molecule has 0 aromatic carbocycles. The predicted octanol–water partition coefficient (Wildman–Crippen LogP) is 2.67. The highest BCUT2D eigenvalue weighted by atomic mass is 32.2. The van der Waals surface area contributed by atoms with E-state index in [9.17, 15) is 8.42 Å². The second-order valence-corrected chi connectivity index (χ2v) is 8.44. The molecule has 1 aromatic rings. The maximum Gasteiger partial charge on any atom is 0.243 e. The Morgan fingerprint density at radius 3 is 2.75 bits per heavy atom. The first-order chi connectivity index (χ1) is 9.55. The molecular formula is C14H24N2O2S2. The third-order valence-electron chi connectivity index (χ3n) is 3.92. The van der Waals surface area contributed by atoms with E-state index in [1.807, 2.05) is 12.3 Å². The van der Waals surface area contributed by atoms with Gasteiger partial charge in [0, 0.05) is 25.0 Å². The smallest absolute Gasteiger partial charge is 0.243 e. The Morgan fingerprint density at radius 1 is 1.40 bits per heavy atom. The molecule has 2 rings (SSSR count). The molecule has 0 radical (unpaired) electrons. The number of nitrogens with zero attached hydrogens (tertiary/aromatic N) is 1. The Morgan fingerprint density at radius 2 is 2.10 bits per heavy atom. The lowest BCUT2D eigenvalue weighted by Crippen LogP contribution is -2.31. The van der Waals surface area contributed by atoms with Crippen molar-refractivity contribution in [1.29, 1.82) is 0 Å². The maximum absolute atomic E-state index is 12.7. The average Bonchev–Trinajstić information content (AvgIpc) is 3.06. The van der Waals surface area contributed by atoms with Crippen LogP contribution in [0.15, 0.2) is 16.3 Å². The molecular weight excluding hydrogens is 292 g/mol. The van der Waals surface area contributed by atoms with Gasteiger partial charge in [-0.1, -0.05) is 19.8 Å². The number of hydrogen-bond donors (Lipinski definition) is 1. The molecule has 1 aliphatic rings. The molecule has 20 heavy (non-hydrogen) atoms. The molecule has 0 bridgehead atoms. The van der Waals surface area contributed by atoms with Crippen LogP contribution in [0.4, 0.5) is 0 Å². The third kappa shape index (κ3) is 3.61. The van der Waals surface area contributed by atoms with Gasteiger partial charge in [-0.2, -0.15) is 0 Å². The molecule has 114 valence electrons. The second-order valence-electron chi connectivity index (χ2n) is 5.42. The van der Waals surface area contributed by atoms with E-state index < -0.39 is 10.0 Å². The first-order valence-corrected chi connectivity index (χ1v) is 9.61. The monoisotopic (exact) mass is 316 g/mol.